The first-order valence-corrected chi connectivity index (χ1v) is 9.33. The highest BCUT2D eigenvalue weighted by molar-refractivity contribution is 5.53. The van der Waals surface area contributed by atoms with Gasteiger partial charge in [-0.05, 0) is 37.7 Å². The van der Waals surface area contributed by atoms with Crippen molar-refractivity contribution >= 4 is 17.6 Å². The molecule has 134 valence electrons. The summed E-state index contributed by atoms with van der Waals surface area (Å²) in [5, 5.41) is 20.2. The van der Waals surface area contributed by atoms with E-state index in [1.807, 2.05) is 6.07 Å². The lowest BCUT2D eigenvalue weighted by atomic mass is 9.99. The summed E-state index contributed by atoms with van der Waals surface area (Å²) in [6.45, 7) is 1.98. The first-order chi connectivity index (χ1) is 12.3. The van der Waals surface area contributed by atoms with Crippen LogP contribution in [0.2, 0.25) is 0 Å². The highest BCUT2D eigenvalue weighted by Gasteiger charge is 2.22. The van der Waals surface area contributed by atoms with E-state index >= 15 is 0 Å². The standard InChI is InChI=1S/C18H26N6O/c25-12-13-4-3-9-24(11-13)18-19-8-7-16(21-18)20-17-10-15(22-23-17)14-5-1-2-6-14/h7-8,10,13-14,25H,1-6,9,11-12H2,(H2,19,20,21,22,23)/t13-/m1/s1. The number of nitrogens with zero attached hydrogens (tertiary/aromatic N) is 4. The van der Waals surface area contributed by atoms with E-state index in [1.54, 1.807) is 6.20 Å². The van der Waals surface area contributed by atoms with Crippen LogP contribution in [0.25, 0.3) is 0 Å². The molecule has 1 saturated heterocycles. The van der Waals surface area contributed by atoms with Crippen molar-refractivity contribution in [3.05, 3.63) is 24.0 Å². The van der Waals surface area contributed by atoms with E-state index in [2.05, 4.69) is 36.4 Å². The van der Waals surface area contributed by atoms with E-state index in [0.717, 1.165) is 43.5 Å². The fourth-order valence-corrected chi connectivity index (χ4v) is 3.94. The number of rotatable bonds is 5. The predicted molar refractivity (Wildman–Crippen MR) is 97.1 cm³/mol. The summed E-state index contributed by atoms with van der Waals surface area (Å²) in [6, 6.07) is 3.96. The molecular formula is C18H26N6O. The van der Waals surface area contributed by atoms with Crippen molar-refractivity contribution in [3.8, 4) is 0 Å². The zero-order valence-corrected chi connectivity index (χ0v) is 14.5. The number of hydrogen-bond donors (Lipinski definition) is 3. The Labute approximate surface area is 147 Å². The van der Waals surface area contributed by atoms with Crippen LogP contribution in [-0.2, 0) is 0 Å². The fourth-order valence-electron chi connectivity index (χ4n) is 3.94. The van der Waals surface area contributed by atoms with E-state index < -0.39 is 0 Å². The van der Waals surface area contributed by atoms with Gasteiger partial charge in [-0.25, -0.2) is 4.98 Å². The van der Waals surface area contributed by atoms with Crippen LogP contribution in [-0.4, -0.2) is 45.0 Å². The minimum absolute atomic E-state index is 0.228. The third-order valence-corrected chi connectivity index (χ3v) is 5.35. The third kappa shape index (κ3) is 3.76. The van der Waals surface area contributed by atoms with Crippen molar-refractivity contribution in [2.24, 2.45) is 5.92 Å². The molecule has 7 nitrogen and oxygen atoms in total. The molecular weight excluding hydrogens is 316 g/mol. The second kappa shape index (κ2) is 7.39. The highest BCUT2D eigenvalue weighted by Crippen LogP contribution is 2.34. The van der Waals surface area contributed by atoms with Crippen molar-refractivity contribution in [2.75, 3.05) is 29.9 Å². The van der Waals surface area contributed by atoms with Crippen molar-refractivity contribution in [1.29, 1.82) is 0 Å². The topological polar surface area (TPSA) is 90.0 Å². The Bertz CT molecular complexity index is 696. The summed E-state index contributed by atoms with van der Waals surface area (Å²) in [5.74, 6) is 3.20. The monoisotopic (exact) mass is 342 g/mol. The van der Waals surface area contributed by atoms with Gasteiger partial charge >= 0.3 is 0 Å². The van der Waals surface area contributed by atoms with Crippen LogP contribution < -0.4 is 10.2 Å². The minimum atomic E-state index is 0.228. The smallest absolute Gasteiger partial charge is 0.227 e. The number of hydrogen-bond acceptors (Lipinski definition) is 6. The second-order valence-corrected chi connectivity index (χ2v) is 7.19. The fraction of sp³-hybridized carbons (Fsp3) is 0.611. The van der Waals surface area contributed by atoms with E-state index in [4.69, 9.17) is 0 Å². The van der Waals surface area contributed by atoms with Crippen molar-refractivity contribution < 1.29 is 5.11 Å². The molecule has 2 aromatic rings. The largest absolute Gasteiger partial charge is 0.396 e. The first-order valence-electron chi connectivity index (χ1n) is 9.33. The number of anilines is 3. The summed E-state index contributed by atoms with van der Waals surface area (Å²) < 4.78 is 0. The summed E-state index contributed by atoms with van der Waals surface area (Å²) in [4.78, 5) is 11.2. The lowest BCUT2D eigenvalue weighted by Crippen LogP contribution is -2.37. The average molecular weight is 342 g/mol. The Balaban J connectivity index is 1.44. The summed E-state index contributed by atoms with van der Waals surface area (Å²) >= 11 is 0. The highest BCUT2D eigenvalue weighted by atomic mass is 16.3. The molecule has 0 amide bonds. The van der Waals surface area contributed by atoms with E-state index in [9.17, 15) is 5.11 Å². The SMILES string of the molecule is OC[C@@H]1CCCN(c2nccc(Nc3cc(C4CCCC4)[nH]n3)n2)C1. The van der Waals surface area contributed by atoms with Gasteiger partial charge in [-0.3, -0.25) is 5.10 Å². The lowest BCUT2D eigenvalue weighted by molar-refractivity contribution is 0.208. The van der Waals surface area contributed by atoms with Gasteiger partial charge in [0, 0.05) is 43.6 Å². The van der Waals surface area contributed by atoms with Crippen LogP contribution in [0.5, 0.6) is 0 Å². The average Bonchev–Trinajstić information content (AvgIpc) is 3.34. The Morgan fingerprint density at radius 3 is 2.92 bits per heavy atom. The normalized spacial score (nSPS) is 21.6. The van der Waals surface area contributed by atoms with Crippen LogP contribution in [0.15, 0.2) is 18.3 Å². The molecule has 1 atom stereocenters. The molecule has 1 aliphatic carbocycles. The molecule has 2 fully saturated rings. The molecule has 2 aliphatic rings. The lowest BCUT2D eigenvalue weighted by Gasteiger charge is -2.31. The van der Waals surface area contributed by atoms with Crippen LogP contribution in [0.4, 0.5) is 17.6 Å². The van der Waals surface area contributed by atoms with Crippen molar-refractivity contribution in [3.63, 3.8) is 0 Å². The molecule has 0 spiro atoms. The summed E-state index contributed by atoms with van der Waals surface area (Å²) in [7, 11) is 0. The second-order valence-electron chi connectivity index (χ2n) is 7.19. The van der Waals surface area contributed by atoms with Gasteiger partial charge in [-0.1, -0.05) is 12.8 Å². The molecule has 3 heterocycles. The van der Waals surface area contributed by atoms with Crippen LogP contribution >= 0.6 is 0 Å². The van der Waals surface area contributed by atoms with Gasteiger partial charge in [-0.15, -0.1) is 0 Å². The van der Waals surface area contributed by atoms with Gasteiger partial charge in [-0.2, -0.15) is 10.1 Å². The quantitative estimate of drug-likeness (QED) is 0.774. The predicted octanol–water partition coefficient (Wildman–Crippen LogP) is 2.81. The molecule has 0 radical (unpaired) electrons. The Morgan fingerprint density at radius 2 is 2.08 bits per heavy atom. The van der Waals surface area contributed by atoms with Crippen LogP contribution in [0, 0.1) is 5.92 Å². The molecule has 25 heavy (non-hydrogen) atoms. The van der Waals surface area contributed by atoms with Crippen molar-refractivity contribution in [1.82, 2.24) is 20.2 Å². The van der Waals surface area contributed by atoms with E-state index in [1.165, 1.54) is 31.4 Å². The Kier molecular flexibility index (Phi) is 4.83. The number of aromatic nitrogens is 4. The molecule has 1 aliphatic heterocycles. The van der Waals surface area contributed by atoms with Gasteiger partial charge in [0.2, 0.25) is 5.95 Å². The number of aliphatic hydroxyl groups excluding tert-OH is 1. The van der Waals surface area contributed by atoms with E-state index in [0.29, 0.717) is 11.8 Å². The number of H-pyrrole nitrogens is 1. The molecule has 4 rings (SSSR count). The van der Waals surface area contributed by atoms with Gasteiger partial charge in [0.15, 0.2) is 5.82 Å². The molecule has 0 unspecified atom stereocenters. The van der Waals surface area contributed by atoms with E-state index in [-0.39, 0.29) is 6.61 Å². The summed E-state index contributed by atoms with van der Waals surface area (Å²) in [6.07, 6.45) is 9.04. The maximum atomic E-state index is 9.41. The molecule has 0 bridgehead atoms. The van der Waals surface area contributed by atoms with Crippen molar-refractivity contribution in [2.45, 2.75) is 44.4 Å². The zero-order chi connectivity index (χ0) is 17.1. The first kappa shape index (κ1) is 16.3. The van der Waals surface area contributed by atoms with Gasteiger partial charge in [0.1, 0.15) is 5.82 Å². The van der Waals surface area contributed by atoms with Gasteiger partial charge < -0.3 is 15.3 Å². The molecule has 7 heteroatoms. The van der Waals surface area contributed by atoms with Gasteiger partial charge in [0.05, 0.1) is 0 Å². The Morgan fingerprint density at radius 1 is 1.20 bits per heavy atom. The number of piperidine rings is 1. The number of nitrogens with one attached hydrogen (secondary N) is 2. The Hall–Kier alpha value is -2.15. The molecule has 0 aromatic carbocycles. The zero-order valence-electron chi connectivity index (χ0n) is 14.5. The molecule has 3 N–H and O–H groups in total. The van der Waals surface area contributed by atoms with Gasteiger partial charge in [0.25, 0.3) is 0 Å². The van der Waals surface area contributed by atoms with Crippen LogP contribution in [0.3, 0.4) is 0 Å². The number of aromatic amines is 1. The maximum absolute atomic E-state index is 9.41. The maximum Gasteiger partial charge on any atom is 0.227 e. The van der Waals surface area contributed by atoms with Crippen LogP contribution in [0.1, 0.15) is 50.1 Å². The minimum Gasteiger partial charge on any atom is -0.396 e. The third-order valence-electron chi connectivity index (χ3n) is 5.35. The molecule has 2 aromatic heterocycles. The molecule has 1 saturated carbocycles. The number of aliphatic hydroxyl groups is 1. The summed E-state index contributed by atoms with van der Waals surface area (Å²) in [5.41, 5.74) is 1.22.